The lowest BCUT2D eigenvalue weighted by molar-refractivity contribution is -0.120. The van der Waals surface area contributed by atoms with Gasteiger partial charge in [0.25, 0.3) is 0 Å². The minimum Gasteiger partial charge on any atom is -0.395 e. The van der Waals surface area contributed by atoms with Gasteiger partial charge in [-0.2, -0.15) is 0 Å². The lowest BCUT2D eigenvalue weighted by Crippen LogP contribution is -2.24. The van der Waals surface area contributed by atoms with Crippen molar-refractivity contribution < 1.29 is 14.3 Å². The second kappa shape index (κ2) is 7.66. The van der Waals surface area contributed by atoms with E-state index in [0.29, 0.717) is 12.0 Å². The first-order chi connectivity index (χ1) is 9.45. The van der Waals surface area contributed by atoms with E-state index >= 15 is 0 Å². The molecule has 0 aliphatic heterocycles. The van der Waals surface area contributed by atoms with Gasteiger partial charge in [0.15, 0.2) is 0 Å². The molecule has 3 nitrogen and oxygen atoms in total. The van der Waals surface area contributed by atoms with Crippen LogP contribution in [-0.2, 0) is 4.79 Å². The van der Waals surface area contributed by atoms with Crippen LogP contribution in [0.25, 0.3) is 0 Å². The Morgan fingerprint density at radius 3 is 2.65 bits per heavy atom. The second-order valence-electron chi connectivity index (χ2n) is 4.99. The quantitative estimate of drug-likeness (QED) is 0.831. The Morgan fingerprint density at radius 2 is 2.10 bits per heavy atom. The highest BCUT2D eigenvalue weighted by molar-refractivity contribution is 5.92. The van der Waals surface area contributed by atoms with E-state index in [9.17, 15) is 9.18 Å². The zero-order chi connectivity index (χ0) is 15.1. The summed E-state index contributed by atoms with van der Waals surface area (Å²) in [6, 6.07) is 4.42. The summed E-state index contributed by atoms with van der Waals surface area (Å²) in [6.45, 7) is 5.68. The van der Waals surface area contributed by atoms with Crippen LogP contribution in [0.3, 0.4) is 0 Å². The van der Waals surface area contributed by atoms with Crippen LogP contribution in [0.15, 0.2) is 18.2 Å². The van der Waals surface area contributed by atoms with Crippen LogP contribution in [0.4, 0.5) is 10.1 Å². The number of benzene rings is 1. The van der Waals surface area contributed by atoms with E-state index in [4.69, 9.17) is 5.11 Å². The van der Waals surface area contributed by atoms with Crippen LogP contribution in [0.5, 0.6) is 0 Å². The molecule has 0 aliphatic rings. The van der Waals surface area contributed by atoms with Crippen molar-refractivity contribution in [2.45, 2.75) is 27.2 Å². The summed E-state index contributed by atoms with van der Waals surface area (Å²) in [4.78, 5) is 11.9. The molecule has 0 fully saturated rings. The minimum atomic E-state index is -0.509. The maximum atomic E-state index is 13.9. The summed E-state index contributed by atoms with van der Waals surface area (Å²) < 4.78 is 13.9. The number of halogens is 1. The molecule has 0 heterocycles. The molecule has 2 N–H and O–H groups in total. The van der Waals surface area contributed by atoms with Gasteiger partial charge in [0.1, 0.15) is 5.82 Å². The van der Waals surface area contributed by atoms with Crippen molar-refractivity contribution in [3.8, 4) is 11.8 Å². The van der Waals surface area contributed by atoms with Crippen molar-refractivity contribution >= 4 is 11.6 Å². The molecule has 1 aromatic rings. The molecule has 0 spiro atoms. The number of amides is 1. The average molecular weight is 277 g/mol. The lowest BCUT2D eigenvalue weighted by Gasteiger charge is -2.15. The van der Waals surface area contributed by atoms with Gasteiger partial charge < -0.3 is 10.4 Å². The van der Waals surface area contributed by atoms with E-state index in [1.165, 1.54) is 12.1 Å². The summed E-state index contributed by atoms with van der Waals surface area (Å²) >= 11 is 0. The van der Waals surface area contributed by atoms with Crippen molar-refractivity contribution in [2.75, 3.05) is 11.9 Å². The molecular weight excluding hydrogens is 257 g/mol. The SMILES string of the molecule is CC(C)C(C)C(=O)Nc1ccc(C#CCCO)cc1F. The molecule has 20 heavy (non-hydrogen) atoms. The molecule has 0 saturated carbocycles. The third-order valence-electron chi connectivity index (χ3n) is 3.11. The Kier molecular flexibility index (Phi) is 6.20. The summed E-state index contributed by atoms with van der Waals surface area (Å²) in [6.07, 6.45) is 0.353. The van der Waals surface area contributed by atoms with Crippen LogP contribution < -0.4 is 5.32 Å². The molecule has 0 saturated heterocycles. The Balaban J connectivity index is 2.79. The molecule has 0 aliphatic carbocycles. The first-order valence-electron chi connectivity index (χ1n) is 6.65. The number of hydrogen-bond acceptors (Lipinski definition) is 2. The first-order valence-corrected chi connectivity index (χ1v) is 6.65. The second-order valence-corrected chi connectivity index (χ2v) is 4.99. The van der Waals surface area contributed by atoms with Crippen molar-refractivity contribution in [3.63, 3.8) is 0 Å². The van der Waals surface area contributed by atoms with Gasteiger partial charge in [0.05, 0.1) is 12.3 Å². The van der Waals surface area contributed by atoms with Gasteiger partial charge in [-0.15, -0.1) is 0 Å². The monoisotopic (exact) mass is 277 g/mol. The molecular formula is C16H20FNO2. The normalized spacial score (nSPS) is 11.7. The van der Waals surface area contributed by atoms with Gasteiger partial charge in [-0.25, -0.2) is 4.39 Å². The molecule has 1 rings (SSSR count). The lowest BCUT2D eigenvalue weighted by atomic mass is 9.97. The Bertz CT molecular complexity index is 529. The molecule has 0 radical (unpaired) electrons. The fraction of sp³-hybridized carbons (Fsp3) is 0.438. The van der Waals surface area contributed by atoms with Crippen LogP contribution in [0, 0.1) is 29.5 Å². The maximum absolute atomic E-state index is 13.9. The Hall–Kier alpha value is -1.86. The molecule has 1 atom stereocenters. The fourth-order valence-corrected chi connectivity index (χ4v) is 1.46. The molecule has 108 valence electrons. The number of anilines is 1. The third-order valence-corrected chi connectivity index (χ3v) is 3.11. The molecule has 1 aromatic carbocycles. The van der Waals surface area contributed by atoms with Gasteiger partial charge in [0.2, 0.25) is 5.91 Å². The number of nitrogens with one attached hydrogen (secondary N) is 1. The van der Waals surface area contributed by atoms with E-state index in [-0.39, 0.29) is 30.0 Å². The molecule has 0 bridgehead atoms. The summed E-state index contributed by atoms with van der Waals surface area (Å²) in [7, 11) is 0. The van der Waals surface area contributed by atoms with E-state index in [1.54, 1.807) is 6.07 Å². The summed E-state index contributed by atoms with van der Waals surface area (Å²) in [5.74, 6) is 4.77. The topological polar surface area (TPSA) is 49.3 Å². The minimum absolute atomic E-state index is 0.0171. The number of rotatable bonds is 4. The van der Waals surface area contributed by atoms with E-state index in [2.05, 4.69) is 17.2 Å². The van der Waals surface area contributed by atoms with Gasteiger partial charge in [-0.1, -0.05) is 32.6 Å². The van der Waals surface area contributed by atoms with Gasteiger partial charge in [0, 0.05) is 17.9 Å². The van der Waals surface area contributed by atoms with Gasteiger partial charge in [-0.3, -0.25) is 4.79 Å². The highest BCUT2D eigenvalue weighted by Gasteiger charge is 2.17. The molecule has 0 aromatic heterocycles. The van der Waals surface area contributed by atoms with Crippen LogP contribution >= 0.6 is 0 Å². The molecule has 4 heteroatoms. The highest BCUT2D eigenvalue weighted by Crippen LogP contribution is 2.18. The number of carbonyl (C=O) groups excluding carboxylic acids is 1. The molecule has 1 unspecified atom stereocenters. The molecule has 1 amide bonds. The summed E-state index contributed by atoms with van der Waals surface area (Å²) in [5, 5.41) is 11.2. The Labute approximate surface area is 119 Å². The standard InChI is InChI=1S/C16H20FNO2/c1-11(2)12(3)16(20)18-15-8-7-13(10-14(15)17)6-4-5-9-19/h7-8,10-12,19H,5,9H2,1-3H3,(H,18,20). The number of aliphatic hydroxyl groups is 1. The highest BCUT2D eigenvalue weighted by atomic mass is 19.1. The smallest absolute Gasteiger partial charge is 0.227 e. The predicted octanol–water partition coefficient (Wildman–Crippen LogP) is 2.79. The number of hydrogen-bond donors (Lipinski definition) is 2. The van der Waals surface area contributed by atoms with E-state index in [1.807, 2.05) is 20.8 Å². The van der Waals surface area contributed by atoms with Crippen molar-refractivity contribution in [1.82, 2.24) is 0 Å². The zero-order valence-corrected chi connectivity index (χ0v) is 12.0. The van der Waals surface area contributed by atoms with Gasteiger partial charge >= 0.3 is 0 Å². The van der Waals surface area contributed by atoms with Crippen molar-refractivity contribution in [1.29, 1.82) is 0 Å². The fourth-order valence-electron chi connectivity index (χ4n) is 1.46. The van der Waals surface area contributed by atoms with Crippen molar-refractivity contribution in [2.24, 2.45) is 11.8 Å². The van der Waals surface area contributed by atoms with Crippen LogP contribution in [0.2, 0.25) is 0 Å². The maximum Gasteiger partial charge on any atom is 0.227 e. The van der Waals surface area contributed by atoms with E-state index in [0.717, 1.165) is 0 Å². The average Bonchev–Trinajstić information content (AvgIpc) is 2.41. The number of aliphatic hydroxyl groups excluding tert-OH is 1. The Morgan fingerprint density at radius 1 is 1.40 bits per heavy atom. The van der Waals surface area contributed by atoms with Crippen molar-refractivity contribution in [3.05, 3.63) is 29.6 Å². The van der Waals surface area contributed by atoms with Crippen LogP contribution in [0.1, 0.15) is 32.8 Å². The zero-order valence-electron chi connectivity index (χ0n) is 12.0. The van der Waals surface area contributed by atoms with E-state index < -0.39 is 5.82 Å². The van der Waals surface area contributed by atoms with Crippen LogP contribution in [-0.4, -0.2) is 17.6 Å². The largest absolute Gasteiger partial charge is 0.395 e. The number of carbonyl (C=O) groups is 1. The predicted molar refractivity (Wildman–Crippen MR) is 77.6 cm³/mol. The first kappa shape index (κ1) is 16.2. The third kappa shape index (κ3) is 4.67. The summed E-state index contributed by atoms with van der Waals surface area (Å²) in [5.41, 5.74) is 0.682. The van der Waals surface area contributed by atoms with Gasteiger partial charge in [-0.05, 0) is 24.1 Å².